The summed E-state index contributed by atoms with van der Waals surface area (Å²) in [6, 6.07) is 2.69. The number of fused-ring (bicyclic) bond motifs is 5. The average Bonchev–Trinajstić information content (AvgIpc) is 3.20. The molecular weight excluding hydrogens is 477 g/mol. The molecule has 0 bridgehead atoms. The monoisotopic (exact) mass is 518 g/mol. The number of anilines is 1. The summed E-state index contributed by atoms with van der Waals surface area (Å²) in [5, 5.41) is 2.76. The first-order valence-corrected chi connectivity index (χ1v) is 14.0. The third-order valence-electron chi connectivity index (χ3n) is 10.7. The van der Waals surface area contributed by atoms with Crippen LogP contribution in [0.2, 0.25) is 0 Å². The van der Waals surface area contributed by atoms with Crippen LogP contribution in [0.25, 0.3) is 0 Å². The van der Waals surface area contributed by atoms with Crippen LogP contribution in [-0.2, 0) is 16.4 Å². The lowest BCUT2D eigenvalue weighted by atomic mass is 9.47. The molecular formula is C30H41F3N2O2. The number of carbonyl (C=O) groups is 2. The number of alkyl halides is 3. The molecule has 4 fully saturated rings. The minimum absolute atomic E-state index is 0.125. The first-order valence-electron chi connectivity index (χ1n) is 14.0. The number of nitrogens with one attached hydrogen (secondary N) is 1. The molecule has 1 N–H and O–H groups in total. The van der Waals surface area contributed by atoms with Gasteiger partial charge in [0.25, 0.3) is 0 Å². The third kappa shape index (κ3) is 4.38. The minimum atomic E-state index is -4.52. The van der Waals surface area contributed by atoms with E-state index in [1.807, 2.05) is 20.8 Å². The molecule has 0 unspecified atom stereocenters. The van der Waals surface area contributed by atoms with Gasteiger partial charge in [0.1, 0.15) is 0 Å². The Bertz CT molecular complexity index is 1090. The van der Waals surface area contributed by atoms with Gasteiger partial charge in [-0.15, -0.1) is 0 Å². The maximum atomic E-state index is 13.7. The Morgan fingerprint density at radius 2 is 1.73 bits per heavy atom. The Morgan fingerprint density at radius 3 is 2.41 bits per heavy atom. The predicted molar refractivity (Wildman–Crippen MR) is 138 cm³/mol. The summed E-state index contributed by atoms with van der Waals surface area (Å²) in [6.45, 7) is 10.4. The van der Waals surface area contributed by atoms with Gasteiger partial charge in [-0.3, -0.25) is 9.69 Å². The van der Waals surface area contributed by atoms with E-state index in [9.17, 15) is 22.8 Å². The zero-order valence-electron chi connectivity index (χ0n) is 22.8. The van der Waals surface area contributed by atoms with Crippen LogP contribution in [0.5, 0.6) is 0 Å². The van der Waals surface area contributed by atoms with Gasteiger partial charge in [-0.1, -0.05) is 47.1 Å². The SMILES string of the molecule is CC(C)(C)c1ccc(C(F)(F)F)cc1NC(=O)N1C(=O)CC[C@]2(C)[C@H]3CC[C@]4(C)CCC[C@H]4[C@@H]3CC[C@@H]12. The number of urea groups is 1. The molecule has 4 aliphatic rings. The van der Waals surface area contributed by atoms with Crippen molar-refractivity contribution in [3.63, 3.8) is 0 Å². The predicted octanol–water partition coefficient (Wildman–Crippen LogP) is 8.16. The average molecular weight is 519 g/mol. The number of amides is 3. The lowest BCUT2D eigenvalue weighted by molar-refractivity contribution is -0.152. The number of likely N-dealkylation sites (tertiary alicyclic amines) is 1. The molecule has 3 saturated carbocycles. The largest absolute Gasteiger partial charge is 0.416 e. The van der Waals surface area contributed by atoms with Gasteiger partial charge in [0.05, 0.1) is 5.56 Å². The molecule has 3 amide bonds. The van der Waals surface area contributed by atoms with E-state index in [0.717, 1.165) is 43.7 Å². The van der Waals surface area contributed by atoms with Crippen LogP contribution < -0.4 is 5.32 Å². The number of nitrogens with zero attached hydrogens (tertiary/aromatic N) is 1. The van der Waals surface area contributed by atoms with Gasteiger partial charge in [0.15, 0.2) is 0 Å². The van der Waals surface area contributed by atoms with Gasteiger partial charge in [-0.25, -0.2) is 4.79 Å². The number of hydrogen-bond acceptors (Lipinski definition) is 2. The maximum Gasteiger partial charge on any atom is 0.416 e. The van der Waals surface area contributed by atoms with Gasteiger partial charge in [0.2, 0.25) is 5.91 Å². The van der Waals surface area contributed by atoms with Crippen molar-refractivity contribution >= 4 is 17.6 Å². The highest BCUT2D eigenvalue weighted by Gasteiger charge is 2.60. The summed E-state index contributed by atoms with van der Waals surface area (Å²) in [7, 11) is 0. The third-order valence-corrected chi connectivity index (χ3v) is 10.7. The quantitative estimate of drug-likeness (QED) is 0.408. The molecule has 1 saturated heterocycles. The number of rotatable bonds is 1. The van der Waals surface area contributed by atoms with Gasteiger partial charge in [-0.2, -0.15) is 13.2 Å². The normalized spacial score (nSPS) is 36.0. The van der Waals surface area contributed by atoms with Crippen molar-refractivity contribution in [3.05, 3.63) is 29.3 Å². The zero-order valence-corrected chi connectivity index (χ0v) is 22.8. The number of hydrogen-bond donors (Lipinski definition) is 1. The fourth-order valence-electron chi connectivity index (χ4n) is 8.78. The first kappa shape index (κ1) is 26.6. The Balaban J connectivity index is 1.44. The topological polar surface area (TPSA) is 49.4 Å². The minimum Gasteiger partial charge on any atom is -0.307 e. The second-order valence-electron chi connectivity index (χ2n) is 13.8. The second-order valence-corrected chi connectivity index (χ2v) is 13.8. The standard InChI is InChI=1S/C30H41F3N2O2/c1-27(2,3)22-10-8-18(30(31,32)33)17-23(22)34-26(37)35-24-11-9-19-20-7-6-14-28(20,4)15-12-21(19)29(24,5)16-13-25(35)36/h8,10,17,19-21,24H,6-7,9,11-16H2,1-5H3,(H,34,37)/t19-,20-,21-,24+,28-,29+/m0/s1. The molecule has 204 valence electrons. The molecule has 1 heterocycles. The van der Waals surface area contributed by atoms with E-state index in [1.165, 1.54) is 36.6 Å². The highest BCUT2D eigenvalue weighted by atomic mass is 19.4. The lowest BCUT2D eigenvalue weighted by Crippen LogP contribution is -2.63. The van der Waals surface area contributed by atoms with Crippen molar-refractivity contribution in [3.8, 4) is 0 Å². The number of carbonyl (C=O) groups excluding carboxylic acids is 2. The number of piperidine rings is 1. The summed E-state index contributed by atoms with van der Waals surface area (Å²) in [6.07, 6.45) is 4.58. The van der Waals surface area contributed by atoms with Crippen molar-refractivity contribution in [2.45, 2.75) is 110 Å². The Morgan fingerprint density at radius 1 is 1.00 bits per heavy atom. The highest BCUT2D eigenvalue weighted by molar-refractivity contribution is 6.02. The van der Waals surface area contributed by atoms with Crippen molar-refractivity contribution in [1.29, 1.82) is 0 Å². The van der Waals surface area contributed by atoms with Crippen molar-refractivity contribution < 1.29 is 22.8 Å². The number of benzene rings is 1. The number of imide groups is 1. The van der Waals surface area contributed by atoms with E-state index in [1.54, 1.807) is 0 Å². The van der Waals surface area contributed by atoms with E-state index < -0.39 is 23.2 Å². The van der Waals surface area contributed by atoms with E-state index in [4.69, 9.17) is 0 Å². The molecule has 0 spiro atoms. The fourth-order valence-corrected chi connectivity index (χ4v) is 8.78. The molecule has 1 aliphatic heterocycles. The fraction of sp³-hybridized carbons (Fsp3) is 0.733. The van der Waals surface area contributed by atoms with Crippen molar-refractivity contribution in [2.75, 3.05) is 5.32 Å². The van der Waals surface area contributed by atoms with Crippen LogP contribution in [0.3, 0.4) is 0 Å². The molecule has 37 heavy (non-hydrogen) atoms. The molecule has 6 atom stereocenters. The van der Waals surface area contributed by atoms with E-state index in [-0.39, 0.29) is 23.1 Å². The molecule has 3 aliphatic carbocycles. The molecule has 1 aromatic rings. The summed E-state index contributed by atoms with van der Waals surface area (Å²) < 4.78 is 40.6. The first-order chi connectivity index (χ1) is 17.1. The van der Waals surface area contributed by atoms with E-state index in [2.05, 4.69) is 19.2 Å². The molecule has 0 aromatic heterocycles. The molecule has 0 radical (unpaired) electrons. The van der Waals surface area contributed by atoms with Crippen molar-refractivity contribution in [2.24, 2.45) is 28.6 Å². The summed E-state index contributed by atoms with van der Waals surface area (Å²) >= 11 is 0. The Kier molecular flexibility index (Phi) is 6.27. The smallest absolute Gasteiger partial charge is 0.307 e. The molecule has 1 aromatic carbocycles. The van der Waals surface area contributed by atoms with E-state index in [0.29, 0.717) is 29.2 Å². The lowest BCUT2D eigenvalue weighted by Gasteiger charge is -2.61. The maximum absolute atomic E-state index is 13.7. The number of halogens is 3. The van der Waals surface area contributed by atoms with Gasteiger partial charge in [-0.05, 0) is 96.6 Å². The van der Waals surface area contributed by atoms with Crippen LogP contribution in [0.4, 0.5) is 23.7 Å². The Hall–Kier alpha value is -2.05. The van der Waals surface area contributed by atoms with Crippen LogP contribution in [0, 0.1) is 28.6 Å². The highest BCUT2D eigenvalue weighted by Crippen LogP contribution is 2.64. The molecule has 4 nitrogen and oxygen atoms in total. The molecule has 5 rings (SSSR count). The molecule has 7 heteroatoms. The van der Waals surface area contributed by atoms with Gasteiger partial charge in [0, 0.05) is 18.2 Å². The Labute approximate surface area is 218 Å². The van der Waals surface area contributed by atoms with Crippen molar-refractivity contribution in [1.82, 2.24) is 4.90 Å². The van der Waals surface area contributed by atoms with Crippen LogP contribution in [0.1, 0.15) is 104 Å². The van der Waals surface area contributed by atoms with Crippen LogP contribution >= 0.6 is 0 Å². The summed E-state index contributed by atoms with van der Waals surface area (Å²) in [5.74, 6) is 1.62. The van der Waals surface area contributed by atoms with Gasteiger partial charge < -0.3 is 5.32 Å². The van der Waals surface area contributed by atoms with E-state index >= 15 is 0 Å². The zero-order chi connectivity index (χ0) is 27.0. The second kappa shape index (κ2) is 8.74. The summed E-state index contributed by atoms with van der Waals surface area (Å²) in [4.78, 5) is 28.3. The van der Waals surface area contributed by atoms with Crippen LogP contribution in [-0.4, -0.2) is 22.9 Å². The van der Waals surface area contributed by atoms with Crippen LogP contribution in [0.15, 0.2) is 18.2 Å². The summed E-state index contributed by atoms with van der Waals surface area (Å²) in [5.41, 5.74) is -0.287. The van der Waals surface area contributed by atoms with Gasteiger partial charge >= 0.3 is 12.2 Å².